The summed E-state index contributed by atoms with van der Waals surface area (Å²) in [6, 6.07) is 19.0. The molecule has 0 spiro atoms. The van der Waals surface area contributed by atoms with E-state index in [2.05, 4.69) is 45.2 Å². The molecule has 1 fully saturated rings. The smallest absolute Gasteiger partial charge is 0.128 e. The van der Waals surface area contributed by atoms with E-state index in [0.29, 0.717) is 0 Å². The maximum absolute atomic E-state index is 5.52. The van der Waals surface area contributed by atoms with Crippen LogP contribution >= 0.6 is 0 Å². The minimum absolute atomic E-state index is 0.841. The van der Waals surface area contributed by atoms with Crippen molar-refractivity contribution in [3.05, 3.63) is 78.5 Å². The first-order valence-electron chi connectivity index (χ1n) is 11.9. The van der Waals surface area contributed by atoms with Gasteiger partial charge < -0.3 is 9.64 Å². The largest absolute Gasteiger partial charge is 0.497 e. The summed E-state index contributed by atoms with van der Waals surface area (Å²) >= 11 is 0. The fraction of sp³-hybridized carbons (Fsp3) is 0.321. The molecule has 2 aromatic heterocycles. The monoisotopic (exact) mass is 438 g/mol. The Balaban J connectivity index is 1.44. The molecule has 1 saturated heterocycles. The molecule has 4 aromatic rings. The summed E-state index contributed by atoms with van der Waals surface area (Å²) in [5.74, 6) is 1.78. The summed E-state index contributed by atoms with van der Waals surface area (Å²) in [5, 5.41) is 2.45. The highest BCUT2D eigenvalue weighted by molar-refractivity contribution is 5.98. The van der Waals surface area contributed by atoms with E-state index in [0.717, 1.165) is 60.9 Å². The number of nitrogens with zero attached hydrogens (tertiary/aromatic N) is 4. The zero-order valence-corrected chi connectivity index (χ0v) is 19.2. The topological polar surface area (TPSA) is 51.1 Å². The Hall–Kier alpha value is -3.47. The molecule has 5 heteroatoms. The van der Waals surface area contributed by atoms with Crippen LogP contribution < -0.4 is 9.64 Å². The van der Waals surface area contributed by atoms with Gasteiger partial charge in [0.05, 0.1) is 12.8 Å². The summed E-state index contributed by atoms with van der Waals surface area (Å²) in [6.45, 7) is 2.19. The first-order chi connectivity index (χ1) is 16.3. The van der Waals surface area contributed by atoms with Crippen molar-refractivity contribution in [3.8, 4) is 17.0 Å². The van der Waals surface area contributed by atoms with Crippen molar-refractivity contribution in [3.63, 3.8) is 0 Å². The number of pyridine rings is 1. The van der Waals surface area contributed by atoms with Crippen LogP contribution in [0.15, 0.2) is 67.0 Å². The molecule has 168 valence electrons. The van der Waals surface area contributed by atoms with Gasteiger partial charge in [0.2, 0.25) is 0 Å². The van der Waals surface area contributed by atoms with Crippen LogP contribution in [0, 0.1) is 0 Å². The van der Waals surface area contributed by atoms with Crippen molar-refractivity contribution in [1.82, 2.24) is 15.0 Å². The van der Waals surface area contributed by atoms with Gasteiger partial charge in [-0.2, -0.15) is 0 Å². The predicted molar refractivity (Wildman–Crippen MR) is 134 cm³/mol. The lowest BCUT2D eigenvalue weighted by Gasteiger charge is -2.30. The second-order valence-electron chi connectivity index (χ2n) is 8.66. The number of hydrogen-bond acceptors (Lipinski definition) is 5. The Labute approximate surface area is 195 Å². The van der Waals surface area contributed by atoms with Crippen LogP contribution in [0.5, 0.6) is 5.75 Å². The first-order valence-corrected chi connectivity index (χ1v) is 11.9. The molecule has 0 atom stereocenters. The average molecular weight is 439 g/mol. The van der Waals surface area contributed by atoms with E-state index in [-0.39, 0.29) is 0 Å². The number of fused-ring (bicyclic) bond motifs is 1. The number of ether oxygens (including phenoxy) is 1. The van der Waals surface area contributed by atoms with Gasteiger partial charge in [-0.3, -0.25) is 4.98 Å². The average Bonchev–Trinajstić information content (AvgIpc) is 2.89. The lowest BCUT2D eigenvalue weighted by molar-refractivity contribution is 0.415. The molecule has 0 N–H and O–H groups in total. The molecule has 0 saturated carbocycles. The molecule has 0 bridgehead atoms. The van der Waals surface area contributed by atoms with Gasteiger partial charge in [0.25, 0.3) is 0 Å². The van der Waals surface area contributed by atoms with Crippen molar-refractivity contribution >= 4 is 16.5 Å². The molecule has 0 radical (unpaired) electrons. The number of methoxy groups -OCH3 is 1. The Kier molecular flexibility index (Phi) is 6.47. The zero-order chi connectivity index (χ0) is 22.5. The molecule has 5 nitrogen and oxygen atoms in total. The van der Waals surface area contributed by atoms with Gasteiger partial charge in [0.1, 0.15) is 11.6 Å². The molecule has 2 aromatic carbocycles. The summed E-state index contributed by atoms with van der Waals surface area (Å²) in [4.78, 5) is 16.4. The highest BCUT2D eigenvalue weighted by atomic mass is 16.5. The molecule has 1 aliphatic heterocycles. The zero-order valence-electron chi connectivity index (χ0n) is 19.2. The van der Waals surface area contributed by atoms with E-state index in [4.69, 9.17) is 9.72 Å². The maximum Gasteiger partial charge on any atom is 0.128 e. The molecule has 33 heavy (non-hydrogen) atoms. The van der Waals surface area contributed by atoms with Crippen LogP contribution in [0.2, 0.25) is 0 Å². The number of benzene rings is 2. The van der Waals surface area contributed by atoms with Gasteiger partial charge in [-0.25, -0.2) is 9.97 Å². The SMILES string of the molecule is COc1ccc2cc(-c3ccnc(CCCc4ccccn4)n3)cc(N3CCCCC3)c2c1. The van der Waals surface area contributed by atoms with Gasteiger partial charge in [0.15, 0.2) is 0 Å². The third kappa shape index (κ3) is 4.98. The molecular formula is C28H30N4O. The second kappa shape index (κ2) is 9.99. The van der Waals surface area contributed by atoms with Gasteiger partial charge in [-0.1, -0.05) is 12.1 Å². The first kappa shape index (κ1) is 21.4. The van der Waals surface area contributed by atoms with E-state index in [1.165, 1.54) is 35.7 Å². The fourth-order valence-electron chi connectivity index (χ4n) is 4.64. The van der Waals surface area contributed by atoms with Crippen molar-refractivity contribution in [2.45, 2.75) is 38.5 Å². The van der Waals surface area contributed by atoms with E-state index in [1.807, 2.05) is 36.7 Å². The fourth-order valence-corrected chi connectivity index (χ4v) is 4.64. The maximum atomic E-state index is 5.52. The van der Waals surface area contributed by atoms with Gasteiger partial charge in [0, 0.05) is 54.2 Å². The number of anilines is 1. The predicted octanol–water partition coefficient (Wildman–Crippen LogP) is 5.87. The minimum Gasteiger partial charge on any atom is -0.497 e. The molecule has 0 aliphatic carbocycles. The summed E-state index contributed by atoms with van der Waals surface area (Å²) in [7, 11) is 1.73. The number of aromatic nitrogens is 3. The highest BCUT2D eigenvalue weighted by Crippen LogP contribution is 2.36. The van der Waals surface area contributed by atoms with Gasteiger partial charge >= 0.3 is 0 Å². The van der Waals surface area contributed by atoms with Crippen molar-refractivity contribution < 1.29 is 4.74 Å². The van der Waals surface area contributed by atoms with Crippen LogP contribution in [0.4, 0.5) is 5.69 Å². The minimum atomic E-state index is 0.841. The molecular weight excluding hydrogens is 408 g/mol. The summed E-state index contributed by atoms with van der Waals surface area (Å²) in [5.41, 5.74) is 4.51. The Morgan fingerprint density at radius 3 is 2.61 bits per heavy atom. The third-order valence-electron chi connectivity index (χ3n) is 6.40. The molecule has 0 amide bonds. The molecule has 3 heterocycles. The Morgan fingerprint density at radius 2 is 1.79 bits per heavy atom. The summed E-state index contributed by atoms with van der Waals surface area (Å²) < 4.78 is 5.52. The van der Waals surface area contributed by atoms with Gasteiger partial charge in [-0.05, 0) is 80.0 Å². The van der Waals surface area contributed by atoms with Crippen molar-refractivity contribution in [1.29, 1.82) is 0 Å². The number of rotatable bonds is 7. The van der Waals surface area contributed by atoms with Crippen molar-refractivity contribution in [2.24, 2.45) is 0 Å². The normalized spacial score (nSPS) is 13.9. The number of hydrogen-bond donors (Lipinski definition) is 0. The Morgan fingerprint density at radius 1 is 0.879 bits per heavy atom. The van der Waals surface area contributed by atoms with Crippen LogP contribution in [-0.4, -0.2) is 35.2 Å². The van der Waals surface area contributed by atoms with E-state index in [9.17, 15) is 0 Å². The van der Waals surface area contributed by atoms with E-state index < -0.39 is 0 Å². The van der Waals surface area contributed by atoms with E-state index in [1.54, 1.807) is 7.11 Å². The number of piperidine rings is 1. The van der Waals surface area contributed by atoms with Crippen LogP contribution in [0.1, 0.15) is 37.2 Å². The standard InChI is InChI=1S/C28H30N4O/c1-33-24-12-11-21-18-22(19-27(25(21)20-24)32-16-5-2-6-17-32)26-13-15-30-28(31-26)10-7-9-23-8-3-4-14-29-23/h3-4,8,11-15,18-20H,2,5-7,9-10,16-17H2,1H3. The van der Waals surface area contributed by atoms with Crippen LogP contribution in [0.3, 0.4) is 0 Å². The molecule has 0 unspecified atom stereocenters. The van der Waals surface area contributed by atoms with Crippen molar-refractivity contribution in [2.75, 3.05) is 25.1 Å². The lowest BCUT2D eigenvalue weighted by atomic mass is 10.00. The third-order valence-corrected chi connectivity index (χ3v) is 6.40. The van der Waals surface area contributed by atoms with E-state index >= 15 is 0 Å². The van der Waals surface area contributed by atoms with Crippen LogP contribution in [0.25, 0.3) is 22.0 Å². The highest BCUT2D eigenvalue weighted by Gasteiger charge is 2.16. The molecule has 1 aliphatic rings. The second-order valence-corrected chi connectivity index (χ2v) is 8.66. The Bertz CT molecular complexity index is 1220. The number of aryl methyl sites for hydroxylation is 2. The lowest BCUT2D eigenvalue weighted by Crippen LogP contribution is -2.29. The van der Waals surface area contributed by atoms with Crippen LogP contribution in [-0.2, 0) is 12.8 Å². The summed E-state index contributed by atoms with van der Waals surface area (Å²) in [6.07, 6.45) is 10.3. The molecule has 5 rings (SSSR count). The van der Waals surface area contributed by atoms with Gasteiger partial charge in [-0.15, -0.1) is 0 Å². The quantitative estimate of drug-likeness (QED) is 0.361.